The van der Waals surface area contributed by atoms with Gasteiger partial charge >= 0.3 is 7.12 Å². The van der Waals surface area contributed by atoms with E-state index in [4.69, 9.17) is 4.65 Å². The van der Waals surface area contributed by atoms with Gasteiger partial charge in [-0.25, -0.2) is 12.7 Å². The molecule has 0 aromatic heterocycles. The van der Waals surface area contributed by atoms with Crippen LogP contribution in [0.3, 0.4) is 0 Å². The van der Waals surface area contributed by atoms with E-state index in [1.807, 2.05) is 0 Å². The number of hydrogen-bond donors (Lipinski definition) is 1. The van der Waals surface area contributed by atoms with Crippen LogP contribution in [0.15, 0.2) is 29.2 Å². The summed E-state index contributed by atoms with van der Waals surface area (Å²) >= 11 is 0. The molecule has 0 saturated carbocycles. The first kappa shape index (κ1) is 13.2. The van der Waals surface area contributed by atoms with Gasteiger partial charge in [-0.2, -0.15) is 0 Å². The number of nitrogens with zero attached hydrogens (tertiary/aromatic N) is 1. The Morgan fingerprint density at radius 3 is 2.38 bits per heavy atom. The summed E-state index contributed by atoms with van der Waals surface area (Å²) in [5.41, 5.74) is 0.235. The minimum Gasteiger partial charge on any atom is -0.423 e. The number of rotatable bonds is 4. The second kappa shape index (κ2) is 4.96. The van der Waals surface area contributed by atoms with Crippen molar-refractivity contribution in [3.63, 3.8) is 0 Å². The third-order valence-corrected chi connectivity index (χ3v) is 4.06. The SMILES string of the molecule is COB(O)c1ccccc1S(=O)(=O)N(C)C. The highest BCUT2D eigenvalue weighted by Crippen LogP contribution is 2.10. The minimum absolute atomic E-state index is 0.0503. The molecule has 0 radical (unpaired) electrons. The number of benzene rings is 1. The van der Waals surface area contributed by atoms with Crippen molar-refractivity contribution in [1.29, 1.82) is 0 Å². The lowest BCUT2D eigenvalue weighted by Crippen LogP contribution is -2.38. The Bertz CT molecular complexity index is 460. The van der Waals surface area contributed by atoms with E-state index in [1.165, 1.54) is 33.3 Å². The molecule has 7 heteroatoms. The molecule has 1 aromatic rings. The van der Waals surface area contributed by atoms with Crippen molar-refractivity contribution in [2.45, 2.75) is 4.90 Å². The van der Waals surface area contributed by atoms with Gasteiger partial charge in [0.1, 0.15) is 0 Å². The zero-order valence-corrected chi connectivity index (χ0v) is 10.2. The van der Waals surface area contributed by atoms with Gasteiger partial charge in [-0.3, -0.25) is 0 Å². The quantitative estimate of drug-likeness (QED) is 0.708. The van der Waals surface area contributed by atoms with Gasteiger partial charge < -0.3 is 9.68 Å². The van der Waals surface area contributed by atoms with Crippen LogP contribution >= 0.6 is 0 Å². The standard InChI is InChI=1S/C9H14BNO4S/c1-11(2)16(13,14)9-7-5-4-6-8(9)10(12)15-3/h4-7,12H,1-3H3. The summed E-state index contributed by atoms with van der Waals surface area (Å²) in [7, 11) is -0.633. The minimum atomic E-state index is -3.57. The van der Waals surface area contributed by atoms with E-state index in [2.05, 4.69) is 0 Å². The Kier molecular flexibility index (Phi) is 4.09. The molecule has 0 aliphatic carbocycles. The van der Waals surface area contributed by atoms with E-state index < -0.39 is 17.1 Å². The molecular weight excluding hydrogens is 229 g/mol. The number of sulfonamides is 1. The maximum atomic E-state index is 11.9. The molecule has 0 amide bonds. The van der Waals surface area contributed by atoms with Crippen LogP contribution in [0, 0.1) is 0 Å². The molecule has 16 heavy (non-hydrogen) atoms. The highest BCUT2D eigenvalue weighted by Gasteiger charge is 2.27. The topological polar surface area (TPSA) is 66.8 Å². The lowest BCUT2D eigenvalue weighted by atomic mass is 9.80. The highest BCUT2D eigenvalue weighted by atomic mass is 32.2. The third kappa shape index (κ3) is 2.44. The molecular formula is C9H14BNO4S. The smallest absolute Gasteiger partial charge is 0.423 e. The van der Waals surface area contributed by atoms with Gasteiger partial charge in [0.15, 0.2) is 0 Å². The Morgan fingerprint density at radius 2 is 1.88 bits per heavy atom. The van der Waals surface area contributed by atoms with Crippen LogP contribution in [-0.4, -0.2) is 46.1 Å². The summed E-state index contributed by atoms with van der Waals surface area (Å²) < 4.78 is 29.7. The summed E-state index contributed by atoms with van der Waals surface area (Å²) in [6, 6.07) is 6.20. The van der Waals surface area contributed by atoms with E-state index in [0.717, 1.165) is 4.31 Å². The molecule has 0 fully saturated rings. The summed E-state index contributed by atoms with van der Waals surface area (Å²) in [4.78, 5) is 0.0503. The summed E-state index contributed by atoms with van der Waals surface area (Å²) in [6.45, 7) is 0. The molecule has 0 unspecified atom stereocenters. The maximum absolute atomic E-state index is 11.9. The van der Waals surface area contributed by atoms with Crippen LogP contribution in [-0.2, 0) is 14.7 Å². The average molecular weight is 243 g/mol. The highest BCUT2D eigenvalue weighted by molar-refractivity contribution is 7.89. The Morgan fingerprint density at radius 1 is 1.31 bits per heavy atom. The van der Waals surface area contributed by atoms with Gasteiger partial charge in [-0.1, -0.05) is 18.2 Å². The molecule has 5 nitrogen and oxygen atoms in total. The normalized spacial score (nSPS) is 11.8. The van der Waals surface area contributed by atoms with Crippen molar-refractivity contribution in [3.05, 3.63) is 24.3 Å². The van der Waals surface area contributed by atoms with Crippen LogP contribution in [0.4, 0.5) is 0 Å². The lowest BCUT2D eigenvalue weighted by Gasteiger charge is -2.15. The fraction of sp³-hybridized carbons (Fsp3) is 0.333. The van der Waals surface area contributed by atoms with Gasteiger partial charge in [0.25, 0.3) is 0 Å². The molecule has 0 aliphatic rings. The zero-order chi connectivity index (χ0) is 12.3. The van der Waals surface area contributed by atoms with Gasteiger partial charge in [-0.15, -0.1) is 0 Å². The second-order valence-corrected chi connectivity index (χ2v) is 5.53. The van der Waals surface area contributed by atoms with Crippen molar-refractivity contribution in [2.75, 3.05) is 21.2 Å². The molecule has 0 bridgehead atoms. The van der Waals surface area contributed by atoms with Crippen LogP contribution in [0.2, 0.25) is 0 Å². The van der Waals surface area contributed by atoms with Crippen molar-refractivity contribution >= 4 is 22.6 Å². The van der Waals surface area contributed by atoms with Gasteiger partial charge in [0.05, 0.1) is 4.90 Å². The molecule has 88 valence electrons. The fourth-order valence-electron chi connectivity index (χ4n) is 1.24. The molecule has 0 atom stereocenters. The van der Waals surface area contributed by atoms with Crippen LogP contribution < -0.4 is 5.46 Å². The predicted molar refractivity (Wildman–Crippen MR) is 61.9 cm³/mol. The van der Waals surface area contributed by atoms with E-state index in [9.17, 15) is 13.4 Å². The Balaban J connectivity index is 3.35. The maximum Gasteiger partial charge on any atom is 0.492 e. The zero-order valence-electron chi connectivity index (χ0n) is 9.41. The Labute approximate surface area is 95.8 Å². The summed E-state index contributed by atoms with van der Waals surface area (Å²) in [6.07, 6.45) is 0. The van der Waals surface area contributed by atoms with Crippen molar-refractivity contribution in [3.8, 4) is 0 Å². The number of hydrogen-bond acceptors (Lipinski definition) is 4. The van der Waals surface area contributed by atoms with E-state index in [-0.39, 0.29) is 10.4 Å². The monoisotopic (exact) mass is 243 g/mol. The molecule has 1 aromatic carbocycles. The van der Waals surface area contributed by atoms with E-state index in [1.54, 1.807) is 12.1 Å². The first-order chi connectivity index (χ1) is 7.41. The van der Waals surface area contributed by atoms with Crippen molar-refractivity contribution in [2.24, 2.45) is 0 Å². The molecule has 1 N–H and O–H groups in total. The largest absolute Gasteiger partial charge is 0.492 e. The first-order valence-electron chi connectivity index (χ1n) is 4.63. The molecule has 0 aliphatic heterocycles. The summed E-state index contributed by atoms with van der Waals surface area (Å²) in [5.74, 6) is 0. The Hall–Kier alpha value is -0.885. The van der Waals surface area contributed by atoms with Gasteiger partial charge in [-0.05, 0) is 6.07 Å². The van der Waals surface area contributed by atoms with Crippen molar-refractivity contribution < 1.29 is 18.1 Å². The predicted octanol–water partition coefficient (Wildman–Crippen LogP) is -0.729. The van der Waals surface area contributed by atoms with Crippen molar-refractivity contribution in [1.82, 2.24) is 4.31 Å². The van der Waals surface area contributed by atoms with Gasteiger partial charge in [0.2, 0.25) is 10.0 Å². The molecule has 0 saturated heterocycles. The van der Waals surface area contributed by atoms with Crippen LogP contribution in [0.5, 0.6) is 0 Å². The van der Waals surface area contributed by atoms with Gasteiger partial charge in [0, 0.05) is 26.7 Å². The lowest BCUT2D eigenvalue weighted by molar-refractivity contribution is 0.341. The van der Waals surface area contributed by atoms with E-state index >= 15 is 0 Å². The van der Waals surface area contributed by atoms with Crippen LogP contribution in [0.25, 0.3) is 0 Å². The summed E-state index contributed by atoms with van der Waals surface area (Å²) in [5, 5.41) is 9.55. The van der Waals surface area contributed by atoms with E-state index in [0.29, 0.717) is 0 Å². The fourth-order valence-corrected chi connectivity index (χ4v) is 2.35. The first-order valence-corrected chi connectivity index (χ1v) is 6.07. The third-order valence-electron chi connectivity index (χ3n) is 2.17. The molecule has 0 heterocycles. The second-order valence-electron chi connectivity index (χ2n) is 3.41. The average Bonchev–Trinajstić information content (AvgIpc) is 2.27. The molecule has 1 rings (SSSR count). The molecule has 0 spiro atoms. The van der Waals surface area contributed by atoms with Crippen LogP contribution in [0.1, 0.15) is 0 Å².